The number of amides is 1. The van der Waals surface area contributed by atoms with Crippen molar-refractivity contribution in [2.75, 3.05) is 5.32 Å². The van der Waals surface area contributed by atoms with Crippen LogP contribution in [0.3, 0.4) is 0 Å². The lowest BCUT2D eigenvalue weighted by Crippen LogP contribution is -2.14. The third-order valence-electron chi connectivity index (χ3n) is 3.36. The predicted octanol–water partition coefficient (Wildman–Crippen LogP) is 2.57. The van der Waals surface area contributed by atoms with Crippen molar-refractivity contribution in [3.63, 3.8) is 0 Å². The van der Waals surface area contributed by atoms with Crippen LogP contribution >= 0.6 is 0 Å². The highest BCUT2D eigenvalue weighted by atomic mass is 16.3. The maximum absolute atomic E-state index is 12.4. The van der Waals surface area contributed by atoms with E-state index in [-0.39, 0.29) is 5.91 Å². The van der Waals surface area contributed by atoms with Gasteiger partial charge in [-0.2, -0.15) is 5.10 Å². The third-order valence-corrected chi connectivity index (χ3v) is 3.36. The SMILES string of the molecule is O=C(Nc1cc(-n2cccn2)nc(-c2ccco2)n1)c1cccnc1. The van der Waals surface area contributed by atoms with Crippen molar-refractivity contribution in [3.8, 4) is 17.4 Å². The Kier molecular flexibility index (Phi) is 3.76. The molecule has 0 atom stereocenters. The highest BCUT2D eigenvalue weighted by Gasteiger charge is 2.13. The zero-order valence-corrected chi connectivity index (χ0v) is 12.9. The molecule has 0 bridgehead atoms. The van der Waals surface area contributed by atoms with Crippen molar-refractivity contribution >= 4 is 11.7 Å². The lowest BCUT2D eigenvalue weighted by molar-refractivity contribution is 0.102. The molecule has 0 spiro atoms. The number of anilines is 1. The molecule has 0 aliphatic rings. The van der Waals surface area contributed by atoms with Crippen LogP contribution in [0.5, 0.6) is 0 Å². The first kappa shape index (κ1) is 14.8. The van der Waals surface area contributed by atoms with Crippen LogP contribution in [-0.2, 0) is 0 Å². The summed E-state index contributed by atoms with van der Waals surface area (Å²) in [5.41, 5.74) is 0.432. The summed E-state index contributed by atoms with van der Waals surface area (Å²) < 4.78 is 6.94. The summed E-state index contributed by atoms with van der Waals surface area (Å²) in [7, 11) is 0. The molecule has 0 radical (unpaired) electrons. The number of pyridine rings is 1. The first-order valence-electron chi connectivity index (χ1n) is 7.44. The normalized spacial score (nSPS) is 10.6. The number of furan rings is 1. The van der Waals surface area contributed by atoms with E-state index in [9.17, 15) is 4.79 Å². The molecule has 0 saturated heterocycles. The fourth-order valence-electron chi connectivity index (χ4n) is 2.22. The standard InChI is InChI=1S/C17H12N6O2/c24-17(12-4-1-6-18-11-12)21-14-10-15(23-8-3-7-19-23)22-16(20-14)13-5-2-9-25-13/h1-11H,(H,20,21,22,24). The van der Waals surface area contributed by atoms with Crippen LogP contribution in [0, 0.1) is 0 Å². The fourth-order valence-corrected chi connectivity index (χ4v) is 2.22. The number of nitrogens with zero attached hydrogens (tertiary/aromatic N) is 5. The molecular weight excluding hydrogens is 320 g/mol. The Morgan fingerprint density at radius 1 is 1.12 bits per heavy atom. The molecule has 8 heteroatoms. The first-order chi connectivity index (χ1) is 12.3. The summed E-state index contributed by atoms with van der Waals surface area (Å²) in [6, 6.07) is 10.3. The molecule has 4 aromatic rings. The van der Waals surface area contributed by atoms with E-state index in [0.717, 1.165) is 0 Å². The number of hydrogen-bond acceptors (Lipinski definition) is 6. The summed E-state index contributed by atoms with van der Waals surface area (Å²) in [6.45, 7) is 0. The van der Waals surface area contributed by atoms with Crippen LogP contribution in [-0.4, -0.2) is 30.6 Å². The first-order valence-corrected chi connectivity index (χ1v) is 7.44. The number of carbonyl (C=O) groups is 1. The molecule has 4 heterocycles. The smallest absolute Gasteiger partial charge is 0.258 e. The van der Waals surface area contributed by atoms with Gasteiger partial charge in [-0.15, -0.1) is 0 Å². The number of carbonyl (C=O) groups excluding carboxylic acids is 1. The molecule has 122 valence electrons. The Morgan fingerprint density at radius 3 is 2.80 bits per heavy atom. The van der Waals surface area contributed by atoms with E-state index < -0.39 is 0 Å². The van der Waals surface area contributed by atoms with Gasteiger partial charge in [0.2, 0.25) is 0 Å². The molecule has 0 saturated carbocycles. The molecule has 0 fully saturated rings. The Morgan fingerprint density at radius 2 is 2.08 bits per heavy atom. The molecule has 1 amide bonds. The molecule has 0 aromatic carbocycles. The minimum atomic E-state index is -0.316. The van der Waals surface area contributed by atoms with Crippen molar-refractivity contribution in [1.82, 2.24) is 24.7 Å². The average Bonchev–Trinajstić information content (AvgIpc) is 3.36. The van der Waals surface area contributed by atoms with Crippen molar-refractivity contribution in [1.29, 1.82) is 0 Å². The molecule has 0 unspecified atom stereocenters. The van der Waals surface area contributed by atoms with Crippen molar-refractivity contribution < 1.29 is 9.21 Å². The Balaban J connectivity index is 1.73. The predicted molar refractivity (Wildman–Crippen MR) is 89.0 cm³/mol. The largest absolute Gasteiger partial charge is 0.461 e. The second kappa shape index (κ2) is 6.36. The molecular formula is C17H12N6O2. The quantitative estimate of drug-likeness (QED) is 0.616. The number of nitrogens with one attached hydrogen (secondary N) is 1. The molecule has 8 nitrogen and oxygen atoms in total. The van der Waals surface area contributed by atoms with Crippen molar-refractivity contribution in [2.45, 2.75) is 0 Å². The molecule has 0 aliphatic carbocycles. The van der Waals surface area contributed by atoms with E-state index >= 15 is 0 Å². The zero-order valence-electron chi connectivity index (χ0n) is 12.9. The molecule has 0 aliphatic heterocycles. The number of hydrogen-bond donors (Lipinski definition) is 1. The van der Waals surface area contributed by atoms with Gasteiger partial charge in [0.25, 0.3) is 5.91 Å². The van der Waals surface area contributed by atoms with Gasteiger partial charge in [0, 0.05) is 30.9 Å². The van der Waals surface area contributed by atoms with Gasteiger partial charge in [-0.3, -0.25) is 9.78 Å². The second-order valence-electron chi connectivity index (χ2n) is 5.06. The Bertz CT molecular complexity index is 929. The summed E-state index contributed by atoms with van der Waals surface area (Å²) in [4.78, 5) is 25.1. The Labute approximate surface area is 142 Å². The molecule has 4 rings (SSSR count). The van der Waals surface area contributed by atoms with E-state index in [0.29, 0.717) is 28.8 Å². The van der Waals surface area contributed by atoms with E-state index in [1.54, 1.807) is 59.7 Å². The second-order valence-corrected chi connectivity index (χ2v) is 5.06. The van der Waals surface area contributed by atoms with Gasteiger partial charge in [0.05, 0.1) is 11.8 Å². The number of rotatable bonds is 4. The summed E-state index contributed by atoms with van der Waals surface area (Å²) in [6.07, 6.45) is 8.02. The Hall–Kier alpha value is -3.81. The maximum atomic E-state index is 12.4. The minimum absolute atomic E-state index is 0.316. The lowest BCUT2D eigenvalue weighted by Gasteiger charge is -2.08. The van der Waals surface area contributed by atoms with Crippen LogP contribution < -0.4 is 5.32 Å². The van der Waals surface area contributed by atoms with Gasteiger partial charge < -0.3 is 9.73 Å². The van der Waals surface area contributed by atoms with Gasteiger partial charge in [-0.05, 0) is 30.3 Å². The van der Waals surface area contributed by atoms with Crippen molar-refractivity contribution in [2.24, 2.45) is 0 Å². The highest BCUT2D eigenvalue weighted by molar-refractivity contribution is 6.03. The fraction of sp³-hybridized carbons (Fsp3) is 0. The van der Waals surface area contributed by atoms with Crippen LogP contribution in [0.2, 0.25) is 0 Å². The number of aromatic nitrogens is 5. The lowest BCUT2D eigenvalue weighted by atomic mass is 10.2. The summed E-state index contributed by atoms with van der Waals surface area (Å²) >= 11 is 0. The average molecular weight is 332 g/mol. The molecule has 4 aromatic heterocycles. The topological polar surface area (TPSA) is 98.7 Å². The monoisotopic (exact) mass is 332 g/mol. The van der Waals surface area contributed by atoms with Gasteiger partial charge in [-0.1, -0.05) is 0 Å². The minimum Gasteiger partial charge on any atom is -0.461 e. The van der Waals surface area contributed by atoms with Gasteiger partial charge >= 0.3 is 0 Å². The van der Waals surface area contributed by atoms with E-state index in [1.165, 1.54) is 12.5 Å². The van der Waals surface area contributed by atoms with Crippen LogP contribution in [0.1, 0.15) is 10.4 Å². The van der Waals surface area contributed by atoms with Crippen molar-refractivity contribution in [3.05, 3.63) is 73.0 Å². The third kappa shape index (κ3) is 3.13. The van der Waals surface area contributed by atoms with Crippen LogP contribution in [0.25, 0.3) is 17.4 Å². The zero-order chi connectivity index (χ0) is 17.1. The van der Waals surface area contributed by atoms with Crippen LogP contribution in [0.15, 0.2) is 71.9 Å². The van der Waals surface area contributed by atoms with E-state index in [2.05, 4.69) is 25.4 Å². The molecule has 1 N–H and O–H groups in total. The maximum Gasteiger partial charge on any atom is 0.258 e. The van der Waals surface area contributed by atoms with Crippen LogP contribution in [0.4, 0.5) is 5.82 Å². The summed E-state index contributed by atoms with van der Waals surface area (Å²) in [5.74, 6) is 1.36. The van der Waals surface area contributed by atoms with E-state index in [4.69, 9.17) is 4.42 Å². The van der Waals surface area contributed by atoms with Gasteiger partial charge in [0.15, 0.2) is 17.4 Å². The summed E-state index contributed by atoms with van der Waals surface area (Å²) in [5, 5.41) is 6.91. The van der Waals surface area contributed by atoms with E-state index in [1.807, 2.05) is 0 Å². The van der Waals surface area contributed by atoms with Gasteiger partial charge in [-0.25, -0.2) is 14.6 Å². The highest BCUT2D eigenvalue weighted by Crippen LogP contribution is 2.20. The van der Waals surface area contributed by atoms with Gasteiger partial charge in [0.1, 0.15) is 5.82 Å². The molecule has 25 heavy (non-hydrogen) atoms.